The molecule has 1 aliphatic rings. The van der Waals surface area contributed by atoms with Gasteiger partial charge in [-0.2, -0.15) is 17.6 Å². The number of hydrogen-bond donors (Lipinski definition) is 2. The summed E-state index contributed by atoms with van der Waals surface area (Å²) in [6, 6.07) is 10.4. The van der Waals surface area contributed by atoms with Gasteiger partial charge >= 0.3 is 6.18 Å². The van der Waals surface area contributed by atoms with E-state index in [1.807, 2.05) is 0 Å². The van der Waals surface area contributed by atoms with E-state index in [0.717, 1.165) is 18.6 Å². The van der Waals surface area contributed by atoms with Crippen LogP contribution in [0.5, 0.6) is 0 Å². The van der Waals surface area contributed by atoms with E-state index in [1.165, 1.54) is 30.6 Å². The molecule has 2 heterocycles. The van der Waals surface area contributed by atoms with Gasteiger partial charge in [-0.15, -0.1) is 0 Å². The number of benzene rings is 2. The normalized spacial score (nSPS) is 16.6. The molecule has 0 amide bonds. The Bertz CT molecular complexity index is 1270. The molecule has 0 radical (unpaired) electrons. The quantitative estimate of drug-likeness (QED) is 0.497. The number of aromatic nitrogens is 2. The summed E-state index contributed by atoms with van der Waals surface area (Å²) in [5.74, 6) is -0.662. The minimum Gasteiger partial charge on any atom is -0.363 e. The van der Waals surface area contributed by atoms with Crippen LogP contribution in [0.2, 0.25) is 0 Å². The second kappa shape index (κ2) is 9.18. The maximum atomic E-state index is 15.3. The summed E-state index contributed by atoms with van der Waals surface area (Å²) in [4.78, 5) is 9.74. The minimum atomic E-state index is -4.42. The lowest BCUT2D eigenvalue weighted by molar-refractivity contribution is -0.137. The van der Waals surface area contributed by atoms with Crippen LogP contribution < -0.4 is 15.4 Å². The number of alkyl halides is 3. The first kappa shape index (κ1) is 23.9. The number of rotatable bonds is 6. The second-order valence-electron chi connectivity index (χ2n) is 7.87. The van der Waals surface area contributed by atoms with E-state index in [1.54, 1.807) is 17.0 Å². The average molecular weight is 496 g/mol. The molecular formula is C22H21F4N5O2S. The molecule has 12 heteroatoms. The lowest BCUT2D eigenvalue weighted by Gasteiger charge is -2.27. The summed E-state index contributed by atoms with van der Waals surface area (Å²) in [5, 5.41) is 7.95. The molecule has 3 N–H and O–H groups in total. The highest BCUT2D eigenvalue weighted by Crippen LogP contribution is 2.38. The van der Waals surface area contributed by atoms with Crippen molar-refractivity contribution in [2.75, 3.05) is 16.8 Å². The van der Waals surface area contributed by atoms with Crippen molar-refractivity contribution in [2.45, 2.75) is 36.5 Å². The van der Waals surface area contributed by atoms with Crippen molar-refractivity contribution in [1.29, 1.82) is 0 Å². The molecule has 1 unspecified atom stereocenters. The molecular weight excluding hydrogens is 474 g/mol. The molecule has 1 aromatic heterocycles. The van der Waals surface area contributed by atoms with Gasteiger partial charge in [0.15, 0.2) is 11.6 Å². The van der Waals surface area contributed by atoms with Crippen molar-refractivity contribution >= 4 is 21.7 Å². The van der Waals surface area contributed by atoms with Crippen molar-refractivity contribution in [3.05, 3.63) is 77.4 Å². The van der Waals surface area contributed by atoms with E-state index in [4.69, 9.17) is 5.14 Å². The zero-order valence-corrected chi connectivity index (χ0v) is 18.6. The van der Waals surface area contributed by atoms with Crippen molar-refractivity contribution in [2.24, 2.45) is 5.14 Å². The smallest absolute Gasteiger partial charge is 0.363 e. The molecule has 180 valence electrons. The highest BCUT2D eigenvalue weighted by molar-refractivity contribution is 7.89. The SMILES string of the molecule is NS(=O)(=O)c1ccc(CNc2ncnc(N3CCCC3c3ccc(C(F)(F)F)cc3)c2F)cc1. The Labute approximate surface area is 193 Å². The van der Waals surface area contributed by atoms with Crippen molar-refractivity contribution in [3.8, 4) is 0 Å². The van der Waals surface area contributed by atoms with Gasteiger partial charge in [0.1, 0.15) is 6.33 Å². The maximum absolute atomic E-state index is 15.3. The van der Waals surface area contributed by atoms with E-state index < -0.39 is 27.6 Å². The largest absolute Gasteiger partial charge is 0.416 e. The molecule has 1 saturated heterocycles. The maximum Gasteiger partial charge on any atom is 0.416 e. The third-order valence-electron chi connectivity index (χ3n) is 5.63. The van der Waals surface area contributed by atoms with Gasteiger partial charge in [-0.05, 0) is 48.2 Å². The van der Waals surface area contributed by atoms with Crippen molar-refractivity contribution in [1.82, 2.24) is 9.97 Å². The van der Waals surface area contributed by atoms with Crippen molar-refractivity contribution in [3.63, 3.8) is 0 Å². The Morgan fingerprint density at radius 2 is 1.74 bits per heavy atom. The lowest BCUT2D eigenvalue weighted by atomic mass is 10.0. The summed E-state index contributed by atoms with van der Waals surface area (Å²) >= 11 is 0. The average Bonchev–Trinajstić information content (AvgIpc) is 3.27. The van der Waals surface area contributed by atoms with Gasteiger partial charge in [-0.3, -0.25) is 0 Å². The molecule has 0 saturated carbocycles. The van der Waals surface area contributed by atoms with Gasteiger partial charge in [0.2, 0.25) is 15.8 Å². The van der Waals surface area contributed by atoms with E-state index in [9.17, 15) is 21.6 Å². The molecule has 7 nitrogen and oxygen atoms in total. The second-order valence-corrected chi connectivity index (χ2v) is 9.43. The monoisotopic (exact) mass is 495 g/mol. The summed E-state index contributed by atoms with van der Waals surface area (Å²) < 4.78 is 76.7. The van der Waals surface area contributed by atoms with E-state index in [-0.39, 0.29) is 29.1 Å². The third kappa shape index (κ3) is 5.12. The Morgan fingerprint density at radius 1 is 1.06 bits per heavy atom. The fourth-order valence-electron chi connectivity index (χ4n) is 3.93. The molecule has 34 heavy (non-hydrogen) atoms. The fraction of sp³-hybridized carbons (Fsp3) is 0.273. The number of sulfonamides is 1. The first-order chi connectivity index (χ1) is 16.0. The molecule has 1 fully saturated rings. The highest BCUT2D eigenvalue weighted by Gasteiger charge is 2.33. The van der Waals surface area contributed by atoms with Gasteiger partial charge in [0.25, 0.3) is 0 Å². The zero-order chi connectivity index (χ0) is 24.5. The van der Waals surface area contributed by atoms with Crippen LogP contribution in [0.15, 0.2) is 59.8 Å². The molecule has 1 aliphatic heterocycles. The molecule has 4 rings (SSSR count). The van der Waals surface area contributed by atoms with Crippen LogP contribution in [-0.2, 0) is 22.7 Å². The topological polar surface area (TPSA) is 101 Å². The van der Waals surface area contributed by atoms with Gasteiger partial charge in [-0.25, -0.2) is 23.5 Å². The highest BCUT2D eigenvalue weighted by atomic mass is 32.2. The molecule has 0 aliphatic carbocycles. The van der Waals surface area contributed by atoms with Crippen LogP contribution in [0.1, 0.15) is 35.6 Å². The van der Waals surface area contributed by atoms with Crippen LogP contribution in [0.4, 0.5) is 29.2 Å². The summed E-state index contributed by atoms with van der Waals surface area (Å²) in [6.07, 6.45) is -1.83. The third-order valence-corrected chi connectivity index (χ3v) is 6.56. The van der Waals surface area contributed by atoms with Crippen LogP contribution in [0.25, 0.3) is 0 Å². The van der Waals surface area contributed by atoms with Crippen molar-refractivity contribution < 1.29 is 26.0 Å². The van der Waals surface area contributed by atoms with E-state index >= 15 is 4.39 Å². The summed E-state index contributed by atoms with van der Waals surface area (Å²) in [6.45, 7) is 0.661. The molecule has 1 atom stereocenters. The number of anilines is 2. The van der Waals surface area contributed by atoms with Gasteiger partial charge in [0, 0.05) is 13.1 Å². The predicted octanol–water partition coefficient (Wildman–Crippen LogP) is 4.24. The molecule has 0 spiro atoms. The Balaban J connectivity index is 1.51. The number of halogens is 4. The molecule has 2 aromatic carbocycles. The summed E-state index contributed by atoms with van der Waals surface area (Å²) in [5.41, 5.74) is 0.585. The van der Waals surface area contributed by atoms with Crippen LogP contribution in [-0.4, -0.2) is 24.9 Å². The number of nitrogens with two attached hydrogens (primary N) is 1. The molecule has 0 bridgehead atoms. The van der Waals surface area contributed by atoms with Crippen LogP contribution in [0, 0.1) is 5.82 Å². The van der Waals surface area contributed by atoms with Gasteiger partial charge < -0.3 is 10.2 Å². The molecule has 3 aromatic rings. The number of nitrogens with one attached hydrogen (secondary N) is 1. The Hall–Kier alpha value is -3.25. The van der Waals surface area contributed by atoms with Crippen LogP contribution in [0.3, 0.4) is 0 Å². The zero-order valence-electron chi connectivity index (χ0n) is 17.8. The standard InChI is InChI=1S/C22H21F4N5O2S/c23-19-20(28-12-14-3-9-17(10-4-14)34(27,32)33)29-13-30-21(19)31-11-1-2-18(31)15-5-7-16(8-6-15)22(24,25)26/h3-10,13,18H,1-2,11-12H2,(H2,27,32,33)(H,28,29,30). The van der Waals surface area contributed by atoms with E-state index in [2.05, 4.69) is 15.3 Å². The van der Waals surface area contributed by atoms with Gasteiger partial charge in [-0.1, -0.05) is 24.3 Å². The van der Waals surface area contributed by atoms with Crippen LogP contribution >= 0.6 is 0 Å². The number of hydrogen-bond acceptors (Lipinski definition) is 6. The lowest BCUT2D eigenvalue weighted by Crippen LogP contribution is -2.25. The summed E-state index contributed by atoms with van der Waals surface area (Å²) in [7, 11) is -3.81. The fourth-order valence-corrected chi connectivity index (χ4v) is 4.44. The first-order valence-electron chi connectivity index (χ1n) is 10.3. The predicted molar refractivity (Wildman–Crippen MR) is 118 cm³/mol. The minimum absolute atomic E-state index is 0.0323. The first-order valence-corrected chi connectivity index (χ1v) is 11.9. The Morgan fingerprint density at radius 3 is 2.35 bits per heavy atom. The number of primary sulfonamides is 1. The number of nitrogens with zero attached hydrogens (tertiary/aromatic N) is 3. The van der Waals surface area contributed by atoms with Gasteiger partial charge in [0.05, 0.1) is 16.5 Å². The Kier molecular flexibility index (Phi) is 6.45. The van der Waals surface area contributed by atoms with E-state index in [0.29, 0.717) is 24.1 Å².